The summed E-state index contributed by atoms with van der Waals surface area (Å²) in [4.78, 5) is 10.4. The first-order valence-electron chi connectivity index (χ1n) is 7.85. The molecule has 138 valence electrons. The lowest BCUT2D eigenvalue weighted by atomic mass is 10.2. The molecule has 0 aliphatic carbocycles. The van der Waals surface area contributed by atoms with Crippen molar-refractivity contribution in [1.82, 2.24) is 14.8 Å². The molecular weight excluding hydrogens is 407 g/mol. The van der Waals surface area contributed by atoms with Gasteiger partial charge in [-0.05, 0) is 29.8 Å². The molecule has 0 radical (unpaired) electrons. The van der Waals surface area contributed by atoms with Crippen LogP contribution in [0.5, 0.6) is 0 Å². The molecule has 0 bridgehead atoms. The van der Waals surface area contributed by atoms with E-state index in [9.17, 15) is 10.1 Å². The van der Waals surface area contributed by atoms with Crippen molar-refractivity contribution in [2.75, 3.05) is 0 Å². The van der Waals surface area contributed by atoms with Crippen LogP contribution in [0.4, 0.5) is 5.69 Å². The van der Waals surface area contributed by atoms with Gasteiger partial charge in [0.2, 0.25) is 0 Å². The summed E-state index contributed by atoms with van der Waals surface area (Å²) in [5.74, 6) is 1.27. The highest BCUT2D eigenvalue weighted by atomic mass is 35.5. The SMILES string of the molecule is C=CCn1c(SCc2ccc(Cl)c(Cl)c2)nnc1-c1ccc([N+](=O)[O-])cc1. The smallest absolute Gasteiger partial charge is 0.269 e. The standard InChI is InChI=1S/C18H14Cl2N4O2S/c1-2-9-23-17(13-4-6-14(7-5-13)24(25)26)21-22-18(23)27-11-12-3-8-15(19)16(20)10-12/h2-8,10H,1,9,11H2. The fourth-order valence-corrected chi connectivity index (χ4v) is 3.62. The normalized spacial score (nSPS) is 10.7. The van der Waals surface area contributed by atoms with Gasteiger partial charge in [0.15, 0.2) is 11.0 Å². The lowest BCUT2D eigenvalue weighted by molar-refractivity contribution is -0.384. The summed E-state index contributed by atoms with van der Waals surface area (Å²) in [6.07, 6.45) is 1.75. The molecule has 9 heteroatoms. The van der Waals surface area contributed by atoms with E-state index in [0.717, 1.165) is 11.1 Å². The van der Waals surface area contributed by atoms with Crippen molar-refractivity contribution in [3.8, 4) is 11.4 Å². The third kappa shape index (κ3) is 4.50. The maximum atomic E-state index is 10.8. The molecule has 0 unspecified atom stereocenters. The van der Waals surface area contributed by atoms with Gasteiger partial charge >= 0.3 is 0 Å². The number of halogens is 2. The van der Waals surface area contributed by atoms with E-state index in [4.69, 9.17) is 23.2 Å². The molecule has 3 rings (SSSR count). The van der Waals surface area contributed by atoms with E-state index in [2.05, 4.69) is 16.8 Å². The largest absolute Gasteiger partial charge is 0.298 e. The van der Waals surface area contributed by atoms with Crippen LogP contribution in [0.1, 0.15) is 5.56 Å². The van der Waals surface area contributed by atoms with Gasteiger partial charge in [0, 0.05) is 30.0 Å². The summed E-state index contributed by atoms with van der Waals surface area (Å²) in [5, 5.41) is 21.1. The van der Waals surface area contributed by atoms with Gasteiger partial charge in [0.05, 0.1) is 15.0 Å². The molecule has 0 spiro atoms. The van der Waals surface area contributed by atoms with Gasteiger partial charge in [0.25, 0.3) is 5.69 Å². The number of non-ortho nitro benzene ring substituents is 1. The first kappa shape index (κ1) is 19.4. The lowest BCUT2D eigenvalue weighted by Crippen LogP contribution is -2.01. The highest BCUT2D eigenvalue weighted by Crippen LogP contribution is 2.29. The van der Waals surface area contributed by atoms with Gasteiger partial charge in [-0.15, -0.1) is 16.8 Å². The van der Waals surface area contributed by atoms with E-state index in [0.29, 0.717) is 33.3 Å². The number of thioether (sulfide) groups is 1. The second-order valence-corrected chi connectivity index (χ2v) is 7.30. The minimum atomic E-state index is -0.434. The number of allylic oxidation sites excluding steroid dienone is 1. The molecule has 0 amide bonds. The zero-order chi connectivity index (χ0) is 19.4. The van der Waals surface area contributed by atoms with Crippen LogP contribution >= 0.6 is 35.0 Å². The summed E-state index contributed by atoms with van der Waals surface area (Å²) in [6.45, 7) is 4.30. The maximum absolute atomic E-state index is 10.8. The Morgan fingerprint density at radius 2 is 1.89 bits per heavy atom. The minimum Gasteiger partial charge on any atom is -0.298 e. The summed E-state index contributed by atoms with van der Waals surface area (Å²) < 4.78 is 1.91. The third-order valence-corrected chi connectivity index (χ3v) is 5.49. The number of nitrogens with zero attached hydrogens (tertiary/aromatic N) is 4. The Kier molecular flexibility index (Phi) is 6.15. The second-order valence-electron chi connectivity index (χ2n) is 5.55. The molecule has 27 heavy (non-hydrogen) atoms. The van der Waals surface area contributed by atoms with Gasteiger partial charge in [-0.1, -0.05) is 47.1 Å². The number of hydrogen-bond acceptors (Lipinski definition) is 5. The molecule has 0 saturated heterocycles. The first-order chi connectivity index (χ1) is 13.0. The fraction of sp³-hybridized carbons (Fsp3) is 0.111. The summed E-state index contributed by atoms with van der Waals surface area (Å²) in [6, 6.07) is 11.7. The Morgan fingerprint density at radius 3 is 2.52 bits per heavy atom. The Balaban J connectivity index is 1.85. The molecule has 0 atom stereocenters. The molecule has 0 aliphatic rings. The summed E-state index contributed by atoms with van der Waals surface area (Å²) >= 11 is 13.5. The Morgan fingerprint density at radius 1 is 1.15 bits per heavy atom. The topological polar surface area (TPSA) is 73.8 Å². The molecule has 0 saturated carbocycles. The number of rotatable bonds is 7. The fourth-order valence-electron chi connectivity index (χ4n) is 2.41. The molecule has 6 nitrogen and oxygen atoms in total. The molecule has 1 heterocycles. The minimum absolute atomic E-state index is 0.0303. The zero-order valence-corrected chi connectivity index (χ0v) is 16.3. The van der Waals surface area contributed by atoms with Gasteiger partial charge in [-0.2, -0.15) is 0 Å². The van der Waals surface area contributed by atoms with E-state index < -0.39 is 4.92 Å². The van der Waals surface area contributed by atoms with Crippen molar-refractivity contribution < 1.29 is 4.92 Å². The Bertz CT molecular complexity index is 990. The van der Waals surface area contributed by atoms with Crippen molar-refractivity contribution in [3.05, 3.63) is 80.8 Å². The zero-order valence-electron chi connectivity index (χ0n) is 14.0. The van der Waals surface area contributed by atoms with Crippen LogP contribution in [0, 0.1) is 10.1 Å². The monoisotopic (exact) mass is 420 g/mol. The van der Waals surface area contributed by atoms with E-state index in [1.54, 1.807) is 24.3 Å². The van der Waals surface area contributed by atoms with Crippen LogP contribution in [0.2, 0.25) is 10.0 Å². The molecule has 1 aromatic heterocycles. The molecule has 0 N–H and O–H groups in total. The van der Waals surface area contributed by atoms with Crippen molar-refractivity contribution in [1.29, 1.82) is 0 Å². The first-order valence-corrected chi connectivity index (χ1v) is 9.59. The summed E-state index contributed by atoms with van der Waals surface area (Å²) in [7, 11) is 0. The number of nitro benzene ring substituents is 1. The van der Waals surface area contributed by atoms with Crippen molar-refractivity contribution >= 4 is 40.7 Å². The number of nitro groups is 1. The van der Waals surface area contributed by atoms with Gasteiger partial charge in [-0.3, -0.25) is 14.7 Å². The van der Waals surface area contributed by atoms with Crippen LogP contribution in [-0.2, 0) is 12.3 Å². The van der Waals surface area contributed by atoms with Crippen molar-refractivity contribution in [2.45, 2.75) is 17.5 Å². The number of hydrogen-bond donors (Lipinski definition) is 0. The highest BCUT2D eigenvalue weighted by molar-refractivity contribution is 7.98. The quantitative estimate of drug-likeness (QED) is 0.214. The van der Waals surface area contributed by atoms with Crippen LogP contribution in [0.3, 0.4) is 0 Å². The van der Waals surface area contributed by atoms with Crippen LogP contribution < -0.4 is 0 Å². The van der Waals surface area contributed by atoms with Crippen LogP contribution in [-0.4, -0.2) is 19.7 Å². The van der Waals surface area contributed by atoms with Crippen LogP contribution in [0.15, 0.2) is 60.3 Å². The third-order valence-electron chi connectivity index (χ3n) is 3.72. The van der Waals surface area contributed by atoms with Gasteiger partial charge in [-0.25, -0.2) is 0 Å². The Labute approximate surface area is 170 Å². The number of aromatic nitrogens is 3. The molecular formula is C18H14Cl2N4O2S. The average molecular weight is 421 g/mol. The van der Waals surface area contributed by atoms with Crippen molar-refractivity contribution in [2.24, 2.45) is 0 Å². The van der Waals surface area contributed by atoms with Gasteiger partial charge < -0.3 is 0 Å². The van der Waals surface area contributed by atoms with Crippen LogP contribution in [0.25, 0.3) is 11.4 Å². The summed E-state index contributed by atoms with van der Waals surface area (Å²) in [5.41, 5.74) is 1.79. The van der Waals surface area contributed by atoms with E-state index in [-0.39, 0.29) is 5.69 Å². The predicted molar refractivity (Wildman–Crippen MR) is 108 cm³/mol. The Hall–Kier alpha value is -2.35. The molecule has 3 aromatic rings. The van der Waals surface area contributed by atoms with Crippen molar-refractivity contribution in [3.63, 3.8) is 0 Å². The van der Waals surface area contributed by atoms with E-state index in [1.165, 1.54) is 23.9 Å². The average Bonchev–Trinajstić information content (AvgIpc) is 3.06. The number of benzene rings is 2. The lowest BCUT2D eigenvalue weighted by Gasteiger charge is -2.08. The molecule has 2 aromatic carbocycles. The maximum Gasteiger partial charge on any atom is 0.269 e. The molecule has 0 fully saturated rings. The molecule has 0 aliphatic heterocycles. The van der Waals surface area contributed by atoms with E-state index in [1.807, 2.05) is 16.7 Å². The predicted octanol–water partition coefficient (Wildman–Crippen LogP) is 5.64. The van der Waals surface area contributed by atoms with E-state index >= 15 is 0 Å². The van der Waals surface area contributed by atoms with Gasteiger partial charge in [0.1, 0.15) is 0 Å². The second kappa shape index (κ2) is 8.56. The highest BCUT2D eigenvalue weighted by Gasteiger charge is 2.15.